The summed E-state index contributed by atoms with van der Waals surface area (Å²) in [4.78, 5) is 26.4. The molecule has 2 aliphatic heterocycles. The highest BCUT2D eigenvalue weighted by Gasteiger charge is 2.35. The van der Waals surface area contributed by atoms with E-state index in [-0.39, 0.29) is 17.3 Å². The molecule has 0 saturated carbocycles. The maximum absolute atomic E-state index is 15.7. The van der Waals surface area contributed by atoms with E-state index in [1.165, 1.54) is 11.8 Å². The van der Waals surface area contributed by atoms with Crippen LogP contribution in [0.15, 0.2) is 82.8 Å². The molecule has 6 rings (SSSR count). The van der Waals surface area contributed by atoms with Gasteiger partial charge < -0.3 is 14.6 Å². The monoisotopic (exact) mass is 594 g/mol. The van der Waals surface area contributed by atoms with Gasteiger partial charge in [0.25, 0.3) is 5.91 Å². The number of carbonyl (C=O) groups excluding carboxylic acids is 1. The van der Waals surface area contributed by atoms with Gasteiger partial charge in [-0.25, -0.2) is 9.38 Å². The number of H-pyrrole nitrogens is 1. The minimum atomic E-state index is -0.352. The number of carbonyl (C=O) groups is 1. The number of para-hydroxylation sites is 1. The Kier molecular flexibility index (Phi) is 7.65. The zero-order chi connectivity index (χ0) is 30.3. The van der Waals surface area contributed by atoms with Crippen LogP contribution in [0.3, 0.4) is 0 Å². The summed E-state index contributed by atoms with van der Waals surface area (Å²) in [6.07, 6.45) is 6.52. The molecule has 43 heavy (non-hydrogen) atoms. The normalized spacial score (nSPS) is 18.1. The van der Waals surface area contributed by atoms with E-state index in [1.54, 1.807) is 24.2 Å². The molecule has 1 aromatic heterocycles. The summed E-state index contributed by atoms with van der Waals surface area (Å²) in [7, 11) is 1.62. The van der Waals surface area contributed by atoms with Crippen molar-refractivity contribution in [1.29, 1.82) is 0 Å². The van der Waals surface area contributed by atoms with E-state index < -0.39 is 0 Å². The summed E-state index contributed by atoms with van der Waals surface area (Å²) in [5.74, 6) is 0.195. The van der Waals surface area contributed by atoms with Crippen LogP contribution in [0.2, 0.25) is 0 Å². The topological polar surface area (TPSA) is 60.9 Å². The molecule has 0 unspecified atom stereocenters. The Morgan fingerprint density at radius 2 is 1.88 bits per heavy atom. The quantitative estimate of drug-likeness (QED) is 0.219. The first-order valence-electron chi connectivity index (χ1n) is 14.5. The summed E-state index contributed by atoms with van der Waals surface area (Å²) in [5.41, 5.74) is 6.02. The number of amidine groups is 1. The fourth-order valence-electron chi connectivity index (χ4n) is 6.07. The molecule has 0 radical (unpaired) electrons. The van der Waals surface area contributed by atoms with E-state index in [9.17, 15) is 4.79 Å². The number of benzene rings is 3. The number of nitrogens with zero attached hydrogens (tertiary/aromatic N) is 3. The van der Waals surface area contributed by atoms with E-state index in [2.05, 4.69) is 49.7 Å². The fourth-order valence-corrected chi connectivity index (χ4v) is 7.09. The van der Waals surface area contributed by atoms with E-state index in [4.69, 9.17) is 9.73 Å². The molecule has 220 valence electrons. The summed E-state index contributed by atoms with van der Waals surface area (Å²) < 4.78 is 21.0. The second-order valence-electron chi connectivity index (χ2n) is 11.4. The number of hydrogen-bond acceptors (Lipinski definition) is 5. The Balaban J connectivity index is 1.35. The number of amides is 1. The largest absolute Gasteiger partial charge is 0.497 e. The lowest BCUT2D eigenvalue weighted by Gasteiger charge is -2.42. The van der Waals surface area contributed by atoms with Crippen molar-refractivity contribution in [2.75, 3.05) is 25.1 Å². The number of aromatic amines is 1. The minimum Gasteiger partial charge on any atom is -0.497 e. The van der Waals surface area contributed by atoms with Gasteiger partial charge in [0, 0.05) is 47.0 Å². The Morgan fingerprint density at radius 3 is 2.63 bits per heavy atom. The van der Waals surface area contributed by atoms with Gasteiger partial charge in [-0.05, 0) is 106 Å². The number of allylic oxidation sites excluding steroid dienone is 1. The number of nitrogens with one attached hydrogen (secondary N) is 1. The molecule has 2 aliphatic rings. The van der Waals surface area contributed by atoms with Crippen LogP contribution < -0.4 is 9.64 Å². The number of aliphatic imine (C=N–C) groups is 1. The van der Waals surface area contributed by atoms with Crippen molar-refractivity contribution in [3.8, 4) is 5.75 Å². The molecule has 4 aromatic rings. The third-order valence-electron chi connectivity index (χ3n) is 8.16. The highest BCUT2D eigenvalue weighted by Crippen LogP contribution is 2.41. The predicted octanol–water partition coefficient (Wildman–Crippen LogP) is 8.18. The van der Waals surface area contributed by atoms with Crippen LogP contribution in [0.5, 0.6) is 5.75 Å². The summed E-state index contributed by atoms with van der Waals surface area (Å²) in [6.45, 7) is 9.61. The van der Waals surface area contributed by atoms with Crippen LogP contribution >= 0.6 is 11.8 Å². The number of likely N-dealkylation sites (N-methyl/N-ethyl adjacent to an activating group) is 1. The van der Waals surface area contributed by atoms with E-state index >= 15 is 4.39 Å². The van der Waals surface area contributed by atoms with Crippen LogP contribution in [0.1, 0.15) is 44.4 Å². The lowest BCUT2D eigenvalue weighted by atomic mass is 9.88. The number of aromatic nitrogens is 1. The molecule has 0 atom stereocenters. The molecular weight excluding hydrogens is 559 g/mol. The molecule has 0 spiro atoms. The Bertz CT molecular complexity index is 1800. The summed E-state index contributed by atoms with van der Waals surface area (Å²) in [5, 5.41) is 1.70. The van der Waals surface area contributed by atoms with Crippen LogP contribution in [0.25, 0.3) is 22.6 Å². The fraction of sp³-hybridized carbons (Fsp3) is 0.257. The molecule has 0 bridgehead atoms. The van der Waals surface area contributed by atoms with Crippen LogP contribution in [-0.4, -0.2) is 46.7 Å². The minimum absolute atomic E-state index is 0.183. The maximum atomic E-state index is 15.7. The molecular formula is C35H35FN4O2S. The van der Waals surface area contributed by atoms with Gasteiger partial charge in [-0.3, -0.25) is 9.69 Å². The number of thioether (sulfide) groups is 1. The van der Waals surface area contributed by atoms with Gasteiger partial charge >= 0.3 is 0 Å². The second kappa shape index (κ2) is 11.4. The van der Waals surface area contributed by atoms with Crippen LogP contribution in [0.4, 0.5) is 15.8 Å². The number of halogens is 1. The van der Waals surface area contributed by atoms with Crippen LogP contribution in [0, 0.1) is 5.82 Å². The zero-order valence-corrected chi connectivity index (χ0v) is 25.9. The standard InChI is InChI=1S/C35H35FN4O2S/c1-6-40-31-19-29(36)24(17-28(31)22(2)20-35(40,3)4)18-32-33(41)39(16-15-23-21-37-30-10-8-7-9-27(23)30)34(43-32)38-25-11-13-26(42-5)14-12-25/h7-14,17-21,37H,6,15-16H2,1-5H3/b32-18+,38-34?. The molecule has 1 amide bonds. The van der Waals surface area contributed by atoms with E-state index in [1.807, 2.05) is 54.7 Å². The average molecular weight is 595 g/mol. The third kappa shape index (κ3) is 5.47. The third-order valence-corrected chi connectivity index (χ3v) is 9.17. The first-order valence-corrected chi connectivity index (χ1v) is 15.3. The van der Waals surface area contributed by atoms with Crippen molar-refractivity contribution in [2.24, 2.45) is 4.99 Å². The van der Waals surface area contributed by atoms with Crippen molar-refractivity contribution in [2.45, 2.75) is 39.7 Å². The molecule has 3 aromatic carbocycles. The van der Waals surface area contributed by atoms with Crippen molar-refractivity contribution >= 4 is 56.8 Å². The molecule has 0 aliphatic carbocycles. The number of fused-ring (bicyclic) bond motifs is 2. The van der Waals surface area contributed by atoms with E-state index in [0.29, 0.717) is 34.3 Å². The molecule has 1 N–H and O–H groups in total. The highest BCUT2D eigenvalue weighted by atomic mass is 32.2. The van der Waals surface area contributed by atoms with Crippen molar-refractivity contribution in [3.63, 3.8) is 0 Å². The SMILES string of the molecule is CCN1c2cc(F)c(/C=C3/SC(=Nc4ccc(OC)cc4)N(CCc4c[nH]c5ccccc45)C3=O)cc2C(C)=CC1(C)C. The second-order valence-corrected chi connectivity index (χ2v) is 12.4. The lowest BCUT2D eigenvalue weighted by Crippen LogP contribution is -2.45. The zero-order valence-electron chi connectivity index (χ0n) is 25.1. The number of hydrogen-bond donors (Lipinski definition) is 1. The molecule has 1 fully saturated rings. The number of anilines is 1. The van der Waals surface area contributed by atoms with Gasteiger partial charge in [-0.1, -0.05) is 24.3 Å². The Labute approximate surface area is 255 Å². The molecule has 8 heteroatoms. The first-order chi connectivity index (χ1) is 20.7. The molecule has 3 heterocycles. The lowest BCUT2D eigenvalue weighted by molar-refractivity contribution is -0.122. The Morgan fingerprint density at radius 1 is 1.12 bits per heavy atom. The van der Waals surface area contributed by atoms with Gasteiger partial charge in [0.1, 0.15) is 11.6 Å². The van der Waals surface area contributed by atoms with Crippen molar-refractivity contribution in [1.82, 2.24) is 9.88 Å². The Hall–Kier alpha value is -4.30. The number of rotatable bonds is 7. The smallest absolute Gasteiger partial charge is 0.266 e. The van der Waals surface area contributed by atoms with Crippen molar-refractivity contribution in [3.05, 3.63) is 100 Å². The maximum Gasteiger partial charge on any atom is 0.266 e. The van der Waals surface area contributed by atoms with Gasteiger partial charge in [-0.2, -0.15) is 0 Å². The van der Waals surface area contributed by atoms with Gasteiger partial charge in [0.15, 0.2) is 5.17 Å². The van der Waals surface area contributed by atoms with E-state index in [0.717, 1.165) is 45.6 Å². The molecule has 6 nitrogen and oxygen atoms in total. The summed E-state index contributed by atoms with van der Waals surface area (Å²) in [6, 6.07) is 19.0. The number of ether oxygens (including phenoxy) is 1. The van der Waals surface area contributed by atoms with Gasteiger partial charge in [0.2, 0.25) is 0 Å². The highest BCUT2D eigenvalue weighted by molar-refractivity contribution is 8.18. The van der Waals surface area contributed by atoms with Gasteiger partial charge in [-0.15, -0.1) is 0 Å². The first kappa shape index (κ1) is 28.8. The number of methoxy groups -OCH3 is 1. The summed E-state index contributed by atoms with van der Waals surface area (Å²) >= 11 is 1.28. The van der Waals surface area contributed by atoms with Crippen LogP contribution in [-0.2, 0) is 11.2 Å². The predicted molar refractivity (Wildman–Crippen MR) is 177 cm³/mol. The molecule has 1 saturated heterocycles. The van der Waals surface area contributed by atoms with Gasteiger partial charge in [0.05, 0.1) is 23.2 Å². The average Bonchev–Trinajstić information content (AvgIpc) is 3.52. The van der Waals surface area contributed by atoms with Crippen molar-refractivity contribution < 1.29 is 13.9 Å².